The minimum Gasteiger partial charge on any atom is -0.477 e. The largest absolute Gasteiger partial charge is 0.477 e. The number of aliphatic carboxylic acids is 1. The topological polar surface area (TPSA) is 93.1 Å². The van der Waals surface area contributed by atoms with Crippen molar-refractivity contribution < 1.29 is 33.8 Å². The Morgan fingerprint density at radius 1 is 0.674 bits per heavy atom. The predicted molar refractivity (Wildman–Crippen MR) is 178 cm³/mol. The van der Waals surface area contributed by atoms with Crippen LogP contribution in [-0.2, 0) is 19.1 Å². The lowest BCUT2D eigenvalue weighted by Crippen LogP contribution is -2.50. The first-order chi connectivity index (χ1) is 20.7. The van der Waals surface area contributed by atoms with Crippen LogP contribution in [0.2, 0.25) is 0 Å². The molecule has 0 aliphatic heterocycles. The maximum absolute atomic E-state index is 11.9. The number of unbranched alkanes of at least 4 members (excludes halogenated alkanes) is 19. The molecule has 0 aliphatic rings. The number of allylic oxidation sites excluding steroid dienone is 2. The van der Waals surface area contributed by atoms with Crippen LogP contribution in [0.25, 0.3) is 0 Å². The summed E-state index contributed by atoms with van der Waals surface area (Å²) in [5, 5.41) is 19.3. The summed E-state index contributed by atoms with van der Waals surface area (Å²) in [5.41, 5.74) is 0. The van der Waals surface area contributed by atoms with E-state index in [0.717, 1.165) is 19.3 Å². The first kappa shape index (κ1) is 41.6. The molecule has 0 aromatic heterocycles. The summed E-state index contributed by atoms with van der Waals surface area (Å²) in [6, 6.07) is -0.573. The van der Waals surface area contributed by atoms with Crippen LogP contribution in [0.4, 0.5) is 0 Å². The average Bonchev–Trinajstić information content (AvgIpc) is 2.95. The molecule has 254 valence electrons. The SMILES string of the molecule is CCCCCCCCCCCCCC/C=C/CCCCCCCCCC(=O)OCC(O)COCCC(C(=O)O)[N+](C)(C)C. The summed E-state index contributed by atoms with van der Waals surface area (Å²) in [4.78, 5) is 23.3. The van der Waals surface area contributed by atoms with Gasteiger partial charge in [-0.3, -0.25) is 4.79 Å². The van der Waals surface area contributed by atoms with Crippen molar-refractivity contribution in [2.75, 3.05) is 41.0 Å². The number of likely N-dealkylation sites (N-methyl/N-ethyl adjacent to an activating group) is 1. The number of quaternary nitrogens is 1. The molecule has 0 aromatic rings. The number of aliphatic hydroxyl groups excluding tert-OH is 1. The minimum atomic E-state index is -0.902. The standard InChI is InChI=1S/C36H69NO6/c1-5-6-7-8-9-10-11-12-13-14-15-16-17-18-19-20-21-22-23-24-25-26-27-28-35(39)43-32-33(38)31-42-30-29-34(36(40)41)37(2,3)4/h18-19,33-34,38H,5-17,20-32H2,1-4H3/p+1/b19-18+. The minimum absolute atomic E-state index is 0.0198. The van der Waals surface area contributed by atoms with E-state index in [1.54, 1.807) is 0 Å². The average molecular weight is 613 g/mol. The summed E-state index contributed by atoms with van der Waals surface area (Å²) in [5.74, 6) is -1.15. The van der Waals surface area contributed by atoms with E-state index in [2.05, 4.69) is 19.1 Å². The molecule has 2 unspecified atom stereocenters. The first-order valence-corrected chi connectivity index (χ1v) is 17.8. The summed E-state index contributed by atoms with van der Waals surface area (Å²) in [6.07, 6.45) is 31.9. The van der Waals surface area contributed by atoms with E-state index in [1.807, 2.05) is 21.1 Å². The van der Waals surface area contributed by atoms with E-state index in [4.69, 9.17) is 9.47 Å². The zero-order valence-electron chi connectivity index (χ0n) is 28.7. The summed E-state index contributed by atoms with van der Waals surface area (Å²) >= 11 is 0. The number of ether oxygens (including phenoxy) is 2. The third kappa shape index (κ3) is 29.1. The number of rotatable bonds is 32. The van der Waals surface area contributed by atoms with Crippen LogP contribution in [0.5, 0.6) is 0 Å². The van der Waals surface area contributed by atoms with Crippen LogP contribution < -0.4 is 0 Å². The zero-order chi connectivity index (χ0) is 32.0. The van der Waals surface area contributed by atoms with Gasteiger partial charge in [0, 0.05) is 12.8 Å². The molecule has 0 bridgehead atoms. The second kappa shape index (κ2) is 29.3. The molecule has 0 aromatic carbocycles. The number of carbonyl (C=O) groups excluding carboxylic acids is 1. The fourth-order valence-corrected chi connectivity index (χ4v) is 5.32. The number of aliphatic hydroxyl groups is 1. The Balaban J connectivity index is 3.43. The molecular formula is C36H70NO6+. The maximum atomic E-state index is 11.9. The van der Waals surface area contributed by atoms with Crippen LogP contribution in [0, 0.1) is 0 Å². The number of hydrogen-bond donors (Lipinski definition) is 2. The quantitative estimate of drug-likeness (QED) is 0.0342. The third-order valence-corrected chi connectivity index (χ3v) is 8.15. The normalized spacial score (nSPS) is 13.4. The van der Waals surface area contributed by atoms with Gasteiger partial charge in [0.25, 0.3) is 0 Å². The van der Waals surface area contributed by atoms with Crippen LogP contribution in [-0.4, -0.2) is 79.7 Å². The molecule has 2 atom stereocenters. The van der Waals surface area contributed by atoms with Crippen molar-refractivity contribution in [3.8, 4) is 0 Å². The number of nitrogens with zero attached hydrogens (tertiary/aromatic N) is 1. The van der Waals surface area contributed by atoms with Crippen molar-refractivity contribution in [3.05, 3.63) is 12.2 Å². The Morgan fingerprint density at radius 2 is 1.12 bits per heavy atom. The Morgan fingerprint density at radius 3 is 1.56 bits per heavy atom. The van der Waals surface area contributed by atoms with Crippen LogP contribution in [0.1, 0.15) is 155 Å². The molecule has 0 amide bonds. The van der Waals surface area contributed by atoms with Crippen molar-refractivity contribution in [3.63, 3.8) is 0 Å². The predicted octanol–water partition coefficient (Wildman–Crippen LogP) is 8.61. The Bertz CT molecular complexity index is 675. The first-order valence-electron chi connectivity index (χ1n) is 17.8. The lowest BCUT2D eigenvalue weighted by Gasteiger charge is -2.31. The van der Waals surface area contributed by atoms with Crippen molar-refractivity contribution in [1.29, 1.82) is 0 Å². The smallest absolute Gasteiger partial charge is 0.362 e. The number of carboxylic acids is 1. The van der Waals surface area contributed by atoms with Gasteiger partial charge in [-0.25, -0.2) is 4.79 Å². The van der Waals surface area contributed by atoms with Gasteiger partial charge >= 0.3 is 11.9 Å². The van der Waals surface area contributed by atoms with Gasteiger partial charge in [0.05, 0.1) is 34.4 Å². The zero-order valence-corrected chi connectivity index (χ0v) is 28.7. The van der Waals surface area contributed by atoms with Gasteiger partial charge < -0.3 is 24.2 Å². The van der Waals surface area contributed by atoms with Crippen LogP contribution in [0.3, 0.4) is 0 Å². The molecule has 7 nitrogen and oxygen atoms in total. The van der Waals surface area contributed by atoms with E-state index in [9.17, 15) is 19.8 Å². The van der Waals surface area contributed by atoms with Crippen LogP contribution in [0.15, 0.2) is 12.2 Å². The Labute approximate surface area is 265 Å². The number of esters is 1. The van der Waals surface area contributed by atoms with E-state index < -0.39 is 18.1 Å². The number of carboxylic acid groups (broad SMARTS) is 1. The van der Waals surface area contributed by atoms with E-state index in [1.165, 1.54) is 116 Å². The highest BCUT2D eigenvalue weighted by Crippen LogP contribution is 2.14. The number of carbonyl (C=O) groups is 2. The summed E-state index contributed by atoms with van der Waals surface area (Å²) in [7, 11) is 5.48. The lowest BCUT2D eigenvalue weighted by atomic mass is 10.0. The fraction of sp³-hybridized carbons (Fsp3) is 0.889. The van der Waals surface area contributed by atoms with Crippen LogP contribution >= 0.6 is 0 Å². The molecular weight excluding hydrogens is 542 g/mol. The molecule has 2 N–H and O–H groups in total. The highest BCUT2D eigenvalue weighted by molar-refractivity contribution is 5.72. The van der Waals surface area contributed by atoms with Crippen molar-refractivity contribution in [1.82, 2.24) is 0 Å². The Hall–Kier alpha value is -1.44. The lowest BCUT2D eigenvalue weighted by molar-refractivity contribution is -0.887. The highest BCUT2D eigenvalue weighted by atomic mass is 16.5. The maximum Gasteiger partial charge on any atom is 0.362 e. The van der Waals surface area contributed by atoms with Gasteiger partial charge in [0.1, 0.15) is 12.7 Å². The molecule has 0 aliphatic carbocycles. The molecule has 0 spiro atoms. The number of hydrogen-bond acceptors (Lipinski definition) is 5. The van der Waals surface area contributed by atoms with Crippen molar-refractivity contribution in [2.24, 2.45) is 0 Å². The van der Waals surface area contributed by atoms with E-state index in [0.29, 0.717) is 17.3 Å². The molecule has 0 heterocycles. The van der Waals surface area contributed by atoms with E-state index in [-0.39, 0.29) is 25.8 Å². The highest BCUT2D eigenvalue weighted by Gasteiger charge is 2.30. The van der Waals surface area contributed by atoms with Gasteiger partial charge in [-0.2, -0.15) is 0 Å². The monoisotopic (exact) mass is 613 g/mol. The second-order valence-corrected chi connectivity index (χ2v) is 13.3. The Kier molecular flexibility index (Phi) is 28.3. The third-order valence-electron chi connectivity index (χ3n) is 8.15. The summed E-state index contributed by atoms with van der Waals surface area (Å²) < 4.78 is 10.9. The molecule has 0 rings (SSSR count). The molecule has 0 fully saturated rings. The van der Waals surface area contributed by atoms with Gasteiger partial charge in [0.2, 0.25) is 0 Å². The van der Waals surface area contributed by atoms with Crippen molar-refractivity contribution >= 4 is 11.9 Å². The van der Waals surface area contributed by atoms with Gasteiger partial charge in [0.15, 0.2) is 6.04 Å². The van der Waals surface area contributed by atoms with Gasteiger partial charge in [-0.1, -0.05) is 122 Å². The van der Waals surface area contributed by atoms with Gasteiger partial charge in [-0.15, -0.1) is 0 Å². The second-order valence-electron chi connectivity index (χ2n) is 13.3. The molecule has 0 saturated heterocycles. The van der Waals surface area contributed by atoms with Crippen molar-refractivity contribution in [2.45, 2.75) is 167 Å². The fourth-order valence-electron chi connectivity index (χ4n) is 5.32. The molecule has 0 saturated carbocycles. The van der Waals surface area contributed by atoms with E-state index >= 15 is 0 Å². The molecule has 0 radical (unpaired) electrons. The molecule has 43 heavy (non-hydrogen) atoms. The molecule has 7 heteroatoms. The summed E-state index contributed by atoms with van der Waals surface area (Å²) in [6.45, 7) is 2.44. The van der Waals surface area contributed by atoms with Gasteiger partial charge in [-0.05, 0) is 32.1 Å².